The van der Waals surface area contributed by atoms with Gasteiger partial charge in [-0.05, 0) is 37.1 Å². The fraction of sp³-hybridized carbons (Fsp3) is 0.364. The lowest BCUT2D eigenvalue weighted by molar-refractivity contribution is -0.148. The molecule has 9 heteroatoms. The van der Waals surface area contributed by atoms with E-state index in [2.05, 4.69) is 20.5 Å². The highest BCUT2D eigenvalue weighted by Gasteiger charge is 2.47. The summed E-state index contributed by atoms with van der Waals surface area (Å²) >= 11 is 0. The van der Waals surface area contributed by atoms with Crippen LogP contribution in [0.3, 0.4) is 0 Å². The van der Waals surface area contributed by atoms with Crippen molar-refractivity contribution in [3.63, 3.8) is 0 Å². The van der Waals surface area contributed by atoms with Crippen LogP contribution in [0.2, 0.25) is 0 Å². The normalized spacial score (nSPS) is 15.4. The van der Waals surface area contributed by atoms with E-state index < -0.39 is 5.54 Å². The summed E-state index contributed by atoms with van der Waals surface area (Å²) in [5.74, 6) is 0.631. The third kappa shape index (κ3) is 4.60. The van der Waals surface area contributed by atoms with E-state index in [0.717, 1.165) is 19.3 Å². The number of nitrogens with one attached hydrogen (secondary N) is 2. The number of rotatable bonds is 7. The van der Waals surface area contributed by atoms with Crippen LogP contribution < -0.4 is 11.1 Å². The van der Waals surface area contributed by atoms with Crippen molar-refractivity contribution < 1.29 is 14.0 Å². The molecule has 3 aromatic rings. The summed E-state index contributed by atoms with van der Waals surface area (Å²) in [6.45, 7) is 0.192. The molecule has 1 aromatic carbocycles. The van der Waals surface area contributed by atoms with Crippen molar-refractivity contribution in [3.05, 3.63) is 60.3 Å². The largest absolute Gasteiger partial charge is 0.467 e. The Kier molecular flexibility index (Phi) is 6.01. The zero-order valence-electron chi connectivity index (χ0n) is 17.2. The maximum Gasteiger partial charge on any atom is 0.250 e. The molecule has 1 aliphatic rings. The Morgan fingerprint density at radius 2 is 1.90 bits per heavy atom. The quantitative estimate of drug-likeness (QED) is 0.537. The molecule has 1 fully saturated rings. The van der Waals surface area contributed by atoms with Crippen LogP contribution in [0.25, 0.3) is 0 Å². The number of hydrogen-bond acceptors (Lipinski definition) is 6. The second-order valence-electron chi connectivity index (χ2n) is 7.79. The average Bonchev–Trinajstić information content (AvgIpc) is 3.44. The second-order valence-corrected chi connectivity index (χ2v) is 7.79. The first kappa shape index (κ1) is 20.6. The number of anilines is 2. The number of furan rings is 1. The van der Waals surface area contributed by atoms with Crippen molar-refractivity contribution in [3.8, 4) is 0 Å². The summed E-state index contributed by atoms with van der Waals surface area (Å²) in [6.07, 6.45) is 5.44. The third-order valence-corrected chi connectivity index (χ3v) is 5.71. The van der Waals surface area contributed by atoms with E-state index in [-0.39, 0.29) is 30.7 Å². The fourth-order valence-electron chi connectivity index (χ4n) is 4.19. The van der Waals surface area contributed by atoms with E-state index in [0.29, 0.717) is 30.1 Å². The molecule has 1 aliphatic carbocycles. The Labute approximate surface area is 180 Å². The van der Waals surface area contributed by atoms with E-state index >= 15 is 0 Å². The van der Waals surface area contributed by atoms with Crippen molar-refractivity contribution in [2.24, 2.45) is 0 Å². The number of hydrogen-bond donors (Lipinski definition) is 3. The Hall–Kier alpha value is -3.62. The molecule has 0 bridgehead atoms. The number of nitrogens with zero attached hydrogens (tertiary/aromatic N) is 3. The standard InChI is InChI=1S/C22H26N6O3/c23-21-25-18(26-27-21)14-19(29)28(15-17-10-7-13-31-17)22(11-5-2-6-12-22)20(30)24-16-8-3-1-4-9-16/h1,3-4,7-10,13H,2,5-6,11-12,14-15H2,(H,24,30)(H3,23,25,26,27). The monoisotopic (exact) mass is 422 g/mol. The highest BCUT2D eigenvalue weighted by Crippen LogP contribution is 2.36. The SMILES string of the molecule is Nc1n[nH]c(CC(=O)N(Cc2ccco2)C2(C(=O)Nc3ccccc3)CCCCC2)n1. The molecule has 2 amide bonds. The average molecular weight is 422 g/mol. The Bertz CT molecular complexity index is 1010. The minimum absolute atomic E-state index is 0.0364. The van der Waals surface area contributed by atoms with Crippen LogP contribution in [0, 0.1) is 0 Å². The van der Waals surface area contributed by atoms with E-state index in [1.54, 1.807) is 23.3 Å². The number of para-hydroxylation sites is 1. The molecule has 2 heterocycles. The van der Waals surface area contributed by atoms with E-state index in [1.807, 2.05) is 30.3 Å². The van der Waals surface area contributed by atoms with E-state index in [9.17, 15) is 9.59 Å². The molecule has 0 saturated heterocycles. The van der Waals surface area contributed by atoms with Gasteiger partial charge in [-0.15, -0.1) is 5.10 Å². The Morgan fingerprint density at radius 3 is 2.55 bits per heavy atom. The van der Waals surface area contributed by atoms with Crippen LogP contribution in [0.15, 0.2) is 53.1 Å². The van der Waals surface area contributed by atoms with Crippen LogP contribution in [-0.4, -0.2) is 37.4 Å². The first-order chi connectivity index (χ1) is 15.1. The van der Waals surface area contributed by atoms with Crippen molar-refractivity contribution in [1.29, 1.82) is 0 Å². The van der Waals surface area contributed by atoms with E-state index in [1.165, 1.54) is 0 Å². The topological polar surface area (TPSA) is 130 Å². The number of nitrogen functional groups attached to an aromatic ring is 1. The maximum atomic E-state index is 13.6. The molecular formula is C22H26N6O3. The Balaban J connectivity index is 1.66. The number of amides is 2. The van der Waals surface area contributed by atoms with Crippen LogP contribution in [0.4, 0.5) is 11.6 Å². The summed E-state index contributed by atoms with van der Waals surface area (Å²) < 4.78 is 5.52. The second kappa shape index (κ2) is 9.03. The van der Waals surface area contributed by atoms with Crippen molar-refractivity contribution in [1.82, 2.24) is 20.1 Å². The molecule has 0 atom stereocenters. The minimum atomic E-state index is -0.983. The molecule has 1 saturated carbocycles. The van der Waals surface area contributed by atoms with E-state index in [4.69, 9.17) is 10.2 Å². The van der Waals surface area contributed by atoms with Crippen LogP contribution in [0.5, 0.6) is 0 Å². The summed E-state index contributed by atoms with van der Waals surface area (Å²) in [5.41, 5.74) is 5.30. The summed E-state index contributed by atoms with van der Waals surface area (Å²) in [4.78, 5) is 32.8. The van der Waals surface area contributed by atoms with Gasteiger partial charge >= 0.3 is 0 Å². The van der Waals surface area contributed by atoms with Crippen LogP contribution in [-0.2, 0) is 22.6 Å². The maximum absolute atomic E-state index is 13.6. The number of nitrogens with two attached hydrogens (primary N) is 1. The van der Waals surface area contributed by atoms with Gasteiger partial charge in [0, 0.05) is 5.69 Å². The third-order valence-electron chi connectivity index (χ3n) is 5.71. The molecule has 4 N–H and O–H groups in total. The number of carbonyl (C=O) groups excluding carboxylic acids is 2. The predicted molar refractivity (Wildman–Crippen MR) is 115 cm³/mol. The number of aromatic nitrogens is 3. The zero-order chi connectivity index (χ0) is 21.7. The Morgan fingerprint density at radius 1 is 1.13 bits per heavy atom. The van der Waals surface area contributed by atoms with Gasteiger partial charge in [0.05, 0.1) is 19.2 Å². The number of benzene rings is 1. The van der Waals surface area contributed by atoms with Gasteiger partial charge in [0.1, 0.15) is 17.1 Å². The zero-order valence-corrected chi connectivity index (χ0v) is 17.2. The lowest BCUT2D eigenvalue weighted by atomic mass is 9.79. The lowest BCUT2D eigenvalue weighted by Gasteiger charge is -2.44. The van der Waals surface area contributed by atoms with Crippen molar-refractivity contribution >= 4 is 23.5 Å². The molecule has 0 spiro atoms. The predicted octanol–water partition coefficient (Wildman–Crippen LogP) is 2.89. The smallest absolute Gasteiger partial charge is 0.250 e. The molecule has 4 rings (SSSR count). The van der Waals surface area contributed by atoms with Crippen LogP contribution in [0.1, 0.15) is 43.7 Å². The van der Waals surface area contributed by atoms with Crippen LogP contribution >= 0.6 is 0 Å². The van der Waals surface area contributed by atoms with Gasteiger partial charge in [0.2, 0.25) is 17.8 Å². The molecule has 2 aromatic heterocycles. The summed E-state index contributed by atoms with van der Waals surface area (Å²) in [7, 11) is 0. The van der Waals surface area contributed by atoms with Gasteiger partial charge in [0.15, 0.2) is 0 Å². The highest BCUT2D eigenvalue weighted by molar-refractivity contribution is 6.00. The molecular weight excluding hydrogens is 396 g/mol. The summed E-state index contributed by atoms with van der Waals surface area (Å²) in [5, 5.41) is 9.49. The van der Waals surface area contributed by atoms with Gasteiger partial charge in [0.25, 0.3) is 0 Å². The molecule has 9 nitrogen and oxygen atoms in total. The van der Waals surface area contributed by atoms with Gasteiger partial charge in [-0.1, -0.05) is 37.5 Å². The summed E-state index contributed by atoms with van der Waals surface area (Å²) in [6, 6.07) is 12.9. The first-order valence-corrected chi connectivity index (χ1v) is 10.4. The van der Waals surface area contributed by atoms with Crippen molar-refractivity contribution in [2.75, 3.05) is 11.1 Å². The number of aromatic amines is 1. The van der Waals surface area contributed by atoms with Gasteiger partial charge in [-0.25, -0.2) is 0 Å². The first-order valence-electron chi connectivity index (χ1n) is 10.4. The highest BCUT2D eigenvalue weighted by atomic mass is 16.3. The van der Waals surface area contributed by atoms with Gasteiger partial charge < -0.3 is 20.4 Å². The minimum Gasteiger partial charge on any atom is -0.467 e. The van der Waals surface area contributed by atoms with Gasteiger partial charge in [-0.3, -0.25) is 14.7 Å². The molecule has 0 unspecified atom stereocenters. The molecule has 0 radical (unpaired) electrons. The molecule has 162 valence electrons. The molecule has 0 aliphatic heterocycles. The van der Waals surface area contributed by atoms with Crippen molar-refractivity contribution in [2.45, 2.75) is 50.6 Å². The number of carbonyl (C=O) groups is 2. The fourth-order valence-corrected chi connectivity index (χ4v) is 4.19. The lowest BCUT2D eigenvalue weighted by Crippen LogP contribution is -2.60. The number of H-pyrrole nitrogens is 1. The molecule has 31 heavy (non-hydrogen) atoms. The van der Waals surface area contributed by atoms with Gasteiger partial charge in [-0.2, -0.15) is 4.98 Å².